The van der Waals surface area contributed by atoms with Crippen LogP contribution in [0.5, 0.6) is 0 Å². The summed E-state index contributed by atoms with van der Waals surface area (Å²) in [5, 5.41) is 8.64. The summed E-state index contributed by atoms with van der Waals surface area (Å²) >= 11 is 2.15. The molecule has 67 heavy (non-hydrogen) atoms. The molecule has 8 rings (SSSR count). The number of hydrogen-bond donors (Lipinski definition) is 1. The Morgan fingerprint density at radius 1 is 0.597 bits per heavy atom. The number of H-pyrrole nitrogens is 1. The Morgan fingerprint density at radius 3 is 1.55 bits per heavy atom. The van der Waals surface area contributed by atoms with E-state index < -0.39 is 0 Å². The monoisotopic (exact) mass is 1020 g/mol. The zero-order chi connectivity index (χ0) is 48.2. The lowest BCUT2D eigenvalue weighted by molar-refractivity contribution is 0.554. The number of imidazole rings is 2. The Hall–Kier alpha value is -7.13. The molecule has 0 saturated heterocycles. The van der Waals surface area contributed by atoms with Crippen molar-refractivity contribution in [2.24, 2.45) is 7.05 Å². The highest BCUT2D eigenvalue weighted by atomic mass is 127. The predicted octanol–water partition coefficient (Wildman–Crippen LogP) is 6.58. The molecular weight excluding hydrogens is 974 g/mol. The number of nitrogens with one attached hydrogen (secondary N) is 1. The number of aromatic amines is 1. The van der Waals surface area contributed by atoms with Crippen molar-refractivity contribution in [1.82, 2.24) is 57.3 Å². The lowest BCUT2D eigenvalue weighted by atomic mass is 10.2. The Bertz CT molecular complexity index is 3370. The zero-order valence-electron chi connectivity index (χ0n) is 38.2. The van der Waals surface area contributed by atoms with Crippen molar-refractivity contribution >= 4 is 44.9 Å². The molecule has 0 radical (unpaired) electrons. The fourth-order valence-electron chi connectivity index (χ4n) is 7.27. The van der Waals surface area contributed by atoms with Gasteiger partial charge in [0, 0.05) is 56.7 Å². The highest BCUT2D eigenvalue weighted by Crippen LogP contribution is 2.22. The van der Waals surface area contributed by atoms with Gasteiger partial charge in [0.1, 0.15) is 41.9 Å². The van der Waals surface area contributed by atoms with Gasteiger partial charge in [0.15, 0.2) is 16.8 Å². The van der Waals surface area contributed by atoms with E-state index in [1.807, 2.05) is 32.6 Å². The number of aromatic nitrogens is 12. The van der Waals surface area contributed by atoms with Gasteiger partial charge >= 0.3 is 11.4 Å². The molecule has 0 spiro atoms. The quantitative estimate of drug-likeness (QED) is 0.0813. The molecule has 19 heteroatoms. The highest BCUT2D eigenvalue weighted by Gasteiger charge is 2.21. The van der Waals surface area contributed by atoms with Crippen molar-refractivity contribution in [1.29, 1.82) is 0 Å². The standard InChI is InChI=1S/C24H25FN6O2.C23H23FN6O2.CH3I/c1-4-12-30-22-20(23(32)31(13-5-2)24(30)33)28(3)21(27-22)18-15-26-29(16-18)14-6-7-17-8-10-19(25)11-9-17;1-3-11-29-21-19(22(31)30(12-4-2)23(29)32)26-20(27-21)17-14-25-28(15-17)13-5-6-16-7-9-18(24)10-8-16;1-2/h8-11,15-16H,4-5,12-14H2,1-3H3;7-10,14-15H,3-4,11-13H2,1-2H3,(H,26,27);1H3. The van der Waals surface area contributed by atoms with E-state index in [1.54, 1.807) is 79.2 Å². The Morgan fingerprint density at radius 2 is 1.04 bits per heavy atom. The van der Waals surface area contributed by atoms with Crippen LogP contribution in [0.3, 0.4) is 0 Å². The number of aryl methyl sites for hydroxylation is 3. The third-order valence-electron chi connectivity index (χ3n) is 10.3. The number of fused-ring (bicyclic) bond motifs is 2. The summed E-state index contributed by atoms with van der Waals surface area (Å²) in [6, 6.07) is 11.9. The first-order valence-electron chi connectivity index (χ1n) is 21.8. The van der Waals surface area contributed by atoms with Gasteiger partial charge in [-0.2, -0.15) is 10.2 Å². The molecule has 0 aliphatic rings. The fourth-order valence-corrected chi connectivity index (χ4v) is 7.27. The van der Waals surface area contributed by atoms with Crippen molar-refractivity contribution in [2.45, 2.75) is 92.6 Å². The maximum atomic E-state index is 13.1. The summed E-state index contributed by atoms with van der Waals surface area (Å²) in [6.45, 7) is 10.2. The van der Waals surface area contributed by atoms with Gasteiger partial charge in [-0.15, -0.1) is 0 Å². The maximum absolute atomic E-state index is 13.1. The summed E-state index contributed by atoms with van der Waals surface area (Å²) in [5.74, 6) is 12.4. The van der Waals surface area contributed by atoms with Crippen LogP contribution < -0.4 is 22.5 Å². The third-order valence-corrected chi connectivity index (χ3v) is 10.3. The summed E-state index contributed by atoms with van der Waals surface area (Å²) in [4.78, 5) is 65.9. The molecule has 0 aliphatic carbocycles. The molecule has 348 valence electrons. The zero-order valence-corrected chi connectivity index (χ0v) is 40.3. The smallest absolute Gasteiger partial charge is 0.332 e. The summed E-state index contributed by atoms with van der Waals surface area (Å²) in [7, 11) is 1.77. The van der Waals surface area contributed by atoms with Gasteiger partial charge in [0.25, 0.3) is 11.1 Å². The molecule has 0 amide bonds. The normalized spacial score (nSPS) is 10.8. The first kappa shape index (κ1) is 49.3. The van der Waals surface area contributed by atoms with Crippen LogP contribution in [0.15, 0.2) is 92.5 Å². The predicted molar refractivity (Wildman–Crippen MR) is 264 cm³/mol. The average molecular weight is 1020 g/mol. The minimum Gasteiger partial charge on any atom is -0.332 e. The van der Waals surface area contributed by atoms with E-state index in [0.29, 0.717) is 103 Å². The molecule has 0 fully saturated rings. The minimum absolute atomic E-state index is 0.300. The van der Waals surface area contributed by atoms with Crippen LogP contribution in [0.25, 0.3) is 45.1 Å². The largest absolute Gasteiger partial charge is 0.332 e. The topological polar surface area (TPSA) is 170 Å². The number of rotatable bonds is 12. The molecule has 6 aromatic heterocycles. The molecule has 2 aromatic carbocycles. The second-order valence-corrected chi connectivity index (χ2v) is 15.2. The third kappa shape index (κ3) is 11.1. The van der Waals surface area contributed by atoms with Crippen molar-refractivity contribution in [2.75, 3.05) is 4.93 Å². The second kappa shape index (κ2) is 22.9. The van der Waals surface area contributed by atoms with E-state index >= 15 is 0 Å². The van der Waals surface area contributed by atoms with Crippen LogP contribution in [0.4, 0.5) is 8.78 Å². The Kier molecular flexibility index (Phi) is 16.8. The fraction of sp³-hybridized carbons (Fsp3) is 0.333. The van der Waals surface area contributed by atoms with Gasteiger partial charge in [0.2, 0.25) is 0 Å². The molecule has 0 aliphatic heterocycles. The summed E-state index contributed by atoms with van der Waals surface area (Å²) < 4.78 is 36.7. The van der Waals surface area contributed by atoms with E-state index in [2.05, 4.69) is 71.4 Å². The first-order valence-corrected chi connectivity index (χ1v) is 24.0. The van der Waals surface area contributed by atoms with Crippen LogP contribution in [0, 0.1) is 35.3 Å². The number of alkyl halides is 1. The number of hydrogen-bond acceptors (Lipinski definition) is 8. The van der Waals surface area contributed by atoms with E-state index in [0.717, 1.165) is 18.4 Å². The van der Waals surface area contributed by atoms with Gasteiger partial charge in [-0.1, -0.05) is 74.0 Å². The van der Waals surface area contributed by atoms with Crippen molar-refractivity contribution in [3.8, 4) is 46.5 Å². The highest BCUT2D eigenvalue weighted by molar-refractivity contribution is 14.1. The molecule has 0 saturated carbocycles. The molecule has 8 aromatic rings. The second-order valence-electron chi connectivity index (χ2n) is 15.2. The van der Waals surface area contributed by atoms with Crippen molar-refractivity contribution in [3.05, 3.63) is 138 Å². The number of nitrogens with zero attached hydrogens (tertiary/aromatic N) is 11. The molecule has 16 nitrogen and oxygen atoms in total. The Labute approximate surface area is 398 Å². The van der Waals surface area contributed by atoms with Gasteiger partial charge in [-0.25, -0.2) is 28.3 Å². The average Bonchev–Trinajstić information content (AvgIpc) is 4.16. The first-order chi connectivity index (χ1) is 32.5. The Balaban J connectivity index is 0.000000213. The molecular formula is C48H51F2IN12O4. The van der Waals surface area contributed by atoms with Gasteiger partial charge < -0.3 is 9.55 Å². The van der Waals surface area contributed by atoms with Crippen LogP contribution in [0.1, 0.15) is 64.5 Å². The number of benzene rings is 2. The van der Waals surface area contributed by atoms with E-state index in [1.165, 1.54) is 33.4 Å². The van der Waals surface area contributed by atoms with E-state index in [-0.39, 0.29) is 34.1 Å². The van der Waals surface area contributed by atoms with Crippen LogP contribution in [-0.2, 0) is 46.3 Å². The molecule has 0 unspecified atom stereocenters. The lowest BCUT2D eigenvalue weighted by Gasteiger charge is -2.10. The maximum Gasteiger partial charge on any atom is 0.332 e. The van der Waals surface area contributed by atoms with E-state index in [9.17, 15) is 28.0 Å². The molecule has 0 bridgehead atoms. The molecule has 0 atom stereocenters. The lowest BCUT2D eigenvalue weighted by Crippen LogP contribution is -2.40. The van der Waals surface area contributed by atoms with Gasteiger partial charge in [-0.05, 0) is 79.1 Å². The van der Waals surface area contributed by atoms with Gasteiger partial charge in [0.05, 0.1) is 23.5 Å². The van der Waals surface area contributed by atoms with Crippen LogP contribution in [0.2, 0.25) is 0 Å². The van der Waals surface area contributed by atoms with E-state index in [4.69, 9.17) is 0 Å². The molecule has 1 N–H and O–H groups in total. The summed E-state index contributed by atoms with van der Waals surface area (Å²) in [6.07, 6.45) is 9.71. The summed E-state index contributed by atoms with van der Waals surface area (Å²) in [5.41, 5.74) is 2.93. The van der Waals surface area contributed by atoms with Gasteiger partial charge in [-0.3, -0.25) is 37.2 Å². The number of halogens is 3. The molecule has 6 heterocycles. The SMILES string of the molecule is CCCn1c(=O)c2[nH]c(-c3cnn(CC#Cc4ccc(F)cc4)c3)nc2n(CCC)c1=O.CCCn1c(=O)c2c(nc(-c3cnn(CC#Cc4ccc(F)cc4)c3)n2C)n(CCC)c1=O.CI. The van der Waals surface area contributed by atoms with Crippen molar-refractivity contribution in [3.63, 3.8) is 0 Å². The van der Waals surface area contributed by atoms with Crippen LogP contribution >= 0.6 is 22.6 Å². The van der Waals surface area contributed by atoms with Crippen LogP contribution in [-0.4, -0.2) is 62.3 Å². The minimum atomic E-state index is -0.365. The van der Waals surface area contributed by atoms with Crippen molar-refractivity contribution < 1.29 is 8.78 Å².